The molecule has 0 radical (unpaired) electrons. The Morgan fingerprint density at radius 1 is 0.879 bits per heavy atom. The Morgan fingerprint density at radius 3 is 2.17 bits per heavy atom. The number of carbonyl (C=O) groups is 1. The lowest BCUT2D eigenvalue weighted by Gasteiger charge is -2.37. The van der Waals surface area contributed by atoms with E-state index in [2.05, 4.69) is 32.1 Å². The summed E-state index contributed by atoms with van der Waals surface area (Å²) in [6.45, 7) is 4.78. The van der Waals surface area contributed by atoms with E-state index in [4.69, 9.17) is 42.5 Å². The van der Waals surface area contributed by atoms with Crippen LogP contribution in [0.25, 0.3) is 11.2 Å². The van der Waals surface area contributed by atoms with Crippen LogP contribution in [0.5, 0.6) is 11.5 Å². The zero-order valence-corrected chi connectivity index (χ0v) is 38.5. The number of hydrogen-bond donors (Lipinski definition) is 2. The van der Waals surface area contributed by atoms with Gasteiger partial charge in [0.2, 0.25) is 11.9 Å². The fraction of sp³-hybridized carbons (Fsp3) is 0.388. The van der Waals surface area contributed by atoms with Gasteiger partial charge in [-0.3, -0.25) is 24.5 Å². The lowest BCUT2D eigenvalue weighted by Crippen LogP contribution is -2.41. The number of hydrogen-bond acceptors (Lipinski definition) is 13. The molecule has 0 aliphatic carbocycles. The first-order chi connectivity index (χ1) is 32.2. The molecule has 0 saturated carbocycles. The van der Waals surface area contributed by atoms with E-state index in [-0.39, 0.29) is 60.9 Å². The second-order valence-corrected chi connectivity index (χ2v) is 18.1. The van der Waals surface area contributed by atoms with Crippen molar-refractivity contribution in [3.63, 3.8) is 0 Å². The first kappa shape index (κ1) is 45.6. The predicted octanol–water partition coefficient (Wildman–Crippen LogP) is 7.52. The molecule has 346 valence electrons. The smallest absolute Gasteiger partial charge is 0.280 e. The molecule has 9 rings (SSSR count). The highest BCUT2D eigenvalue weighted by atomic mass is 31.2. The number of aromatic amines is 1. The number of amides is 1. The molecule has 66 heavy (non-hydrogen) atoms. The zero-order chi connectivity index (χ0) is 45.8. The number of ether oxygens (including phenoxy) is 6. The summed E-state index contributed by atoms with van der Waals surface area (Å²) in [5, 5.41) is 2.72. The molecule has 3 aliphatic heterocycles. The van der Waals surface area contributed by atoms with Crippen LogP contribution in [0.15, 0.2) is 120 Å². The number of nitrogens with one attached hydrogen (secondary N) is 2. The van der Waals surface area contributed by atoms with Crippen LogP contribution in [0, 0.1) is 5.92 Å². The van der Waals surface area contributed by atoms with Gasteiger partial charge in [0.25, 0.3) is 14.1 Å². The molecule has 4 aromatic carbocycles. The summed E-state index contributed by atoms with van der Waals surface area (Å²) in [4.78, 5) is 38.1. The molecule has 3 fully saturated rings. The second-order valence-electron chi connectivity index (χ2n) is 16.7. The van der Waals surface area contributed by atoms with Crippen LogP contribution in [-0.4, -0.2) is 102 Å². The van der Waals surface area contributed by atoms with Gasteiger partial charge in [0.1, 0.15) is 41.5 Å². The van der Waals surface area contributed by atoms with E-state index in [9.17, 15) is 9.59 Å². The van der Waals surface area contributed by atoms with Gasteiger partial charge in [0.15, 0.2) is 17.4 Å². The fourth-order valence-corrected chi connectivity index (χ4v) is 11.0. The normalized spacial score (nSPS) is 23.1. The van der Waals surface area contributed by atoms with Gasteiger partial charge in [-0.1, -0.05) is 98.8 Å². The highest BCUT2D eigenvalue weighted by Crippen LogP contribution is 2.62. The minimum Gasteiger partial charge on any atom is -0.497 e. The van der Waals surface area contributed by atoms with E-state index >= 15 is 0 Å². The van der Waals surface area contributed by atoms with Crippen molar-refractivity contribution in [3.8, 4) is 11.5 Å². The Bertz CT molecular complexity index is 2570. The Balaban J connectivity index is 1.16. The third-order valence-electron chi connectivity index (χ3n) is 12.4. The molecule has 2 N–H and O–H groups in total. The number of anilines is 1. The summed E-state index contributed by atoms with van der Waals surface area (Å²) < 4.78 is 56.2. The fourth-order valence-electron chi connectivity index (χ4n) is 8.98. The number of rotatable bonds is 18. The molecule has 7 atom stereocenters. The molecule has 1 unspecified atom stereocenters. The summed E-state index contributed by atoms with van der Waals surface area (Å²) in [6.07, 6.45) is -0.0884. The molecule has 5 heterocycles. The Morgan fingerprint density at radius 2 is 1.53 bits per heavy atom. The van der Waals surface area contributed by atoms with Gasteiger partial charge in [-0.15, -0.1) is 0 Å². The van der Waals surface area contributed by atoms with Gasteiger partial charge < -0.3 is 37.5 Å². The predicted molar refractivity (Wildman–Crippen MR) is 247 cm³/mol. The minimum absolute atomic E-state index is 0.0106. The van der Waals surface area contributed by atoms with Crippen molar-refractivity contribution in [2.45, 2.75) is 69.0 Å². The van der Waals surface area contributed by atoms with Gasteiger partial charge in [0, 0.05) is 25.6 Å². The van der Waals surface area contributed by atoms with Crippen LogP contribution in [0.4, 0.5) is 5.95 Å². The lowest BCUT2D eigenvalue weighted by atomic mass is 9.80. The quantitative estimate of drug-likeness (QED) is 0.0494. The van der Waals surface area contributed by atoms with Gasteiger partial charge >= 0.3 is 0 Å². The second kappa shape index (κ2) is 20.1. The van der Waals surface area contributed by atoms with Crippen LogP contribution >= 0.6 is 8.53 Å². The highest BCUT2D eigenvalue weighted by Gasteiger charge is 2.55. The Kier molecular flexibility index (Phi) is 13.9. The van der Waals surface area contributed by atoms with Crippen LogP contribution in [-0.2, 0) is 38.4 Å². The molecule has 3 saturated heterocycles. The summed E-state index contributed by atoms with van der Waals surface area (Å²) in [7, 11) is 3.25. The minimum atomic E-state index is -1.63. The lowest BCUT2D eigenvalue weighted by molar-refractivity contribution is -0.118. The van der Waals surface area contributed by atoms with Crippen molar-refractivity contribution in [3.05, 3.63) is 148 Å². The number of carbonyl (C=O) groups excluding carboxylic acids is 1. The van der Waals surface area contributed by atoms with Gasteiger partial charge in [0.05, 0.1) is 40.4 Å². The van der Waals surface area contributed by atoms with Crippen molar-refractivity contribution < 1.29 is 42.3 Å². The number of aromatic nitrogens is 4. The Labute approximate surface area is 384 Å². The summed E-state index contributed by atoms with van der Waals surface area (Å²) >= 11 is 0. The third kappa shape index (κ3) is 8.99. The maximum absolute atomic E-state index is 13.5. The molecular weight excluding hydrogens is 864 g/mol. The van der Waals surface area contributed by atoms with E-state index in [1.165, 1.54) is 6.33 Å². The summed E-state index contributed by atoms with van der Waals surface area (Å²) in [6, 6.07) is 36.1. The van der Waals surface area contributed by atoms with E-state index in [1.807, 2.05) is 97.1 Å². The van der Waals surface area contributed by atoms with Crippen LogP contribution in [0.3, 0.4) is 0 Å². The molecule has 6 aromatic rings. The molecule has 17 heteroatoms. The molecule has 1 amide bonds. The standard InChI is InChI=1S/C49H55N6O10P/c1-31(2)45(56)52-48-51-44-40(46(57)53-48)50-30-54(44)47-43(61-28-27-58-3)42(65-66-55-26-12-17-38(55)41(64-66)32-13-8-6-9-14-32)39(63-47)29-62-49(33-15-10-7-11-16-33,34-18-22-36(59-4)23-19-34)35-20-24-37(60-5)25-21-35/h6-11,13-16,18-25,30-31,38-39,41-43,47H,12,17,26-29H2,1-5H3,(H2,51,52,53,56,57)/t38-,39+,41+,42?,43-,47+,66-/m0/s1. The number of methoxy groups -OCH3 is 3. The average Bonchev–Trinajstić information content (AvgIpc) is 4.15. The van der Waals surface area contributed by atoms with E-state index < -0.39 is 44.2 Å². The van der Waals surface area contributed by atoms with Crippen molar-refractivity contribution in [2.24, 2.45) is 5.92 Å². The molecule has 16 nitrogen and oxygen atoms in total. The molecule has 0 spiro atoms. The topological polar surface area (TPSA) is 170 Å². The molecular formula is C49H55N6O10P. The molecule has 3 aliphatic rings. The summed E-state index contributed by atoms with van der Waals surface area (Å²) in [5.41, 5.74) is 2.17. The SMILES string of the molecule is COCCO[C@H]1C(O[P@]2O[C@H](c3ccccc3)[C@@H]3CCCN32)[C@@H](COC(c2ccccc2)(c2ccc(OC)cc2)c2ccc(OC)cc2)O[C@H]1n1cnc2c(=O)[nH]c(NC(=O)C(C)C)nc21. The monoisotopic (exact) mass is 918 g/mol. The summed E-state index contributed by atoms with van der Waals surface area (Å²) in [5.74, 6) is 0.706. The van der Waals surface area contributed by atoms with Crippen molar-refractivity contribution in [1.82, 2.24) is 24.2 Å². The number of imidazole rings is 1. The largest absolute Gasteiger partial charge is 0.497 e. The van der Waals surface area contributed by atoms with E-state index in [0.29, 0.717) is 11.5 Å². The van der Waals surface area contributed by atoms with Crippen molar-refractivity contribution in [1.29, 1.82) is 0 Å². The van der Waals surface area contributed by atoms with Crippen LogP contribution in [0.2, 0.25) is 0 Å². The number of fused-ring (bicyclic) bond motifs is 2. The average molecular weight is 919 g/mol. The van der Waals surface area contributed by atoms with Crippen LogP contribution in [0.1, 0.15) is 61.3 Å². The van der Waals surface area contributed by atoms with Gasteiger partial charge in [-0.25, -0.2) is 9.65 Å². The van der Waals surface area contributed by atoms with Crippen LogP contribution < -0.4 is 20.3 Å². The maximum Gasteiger partial charge on any atom is 0.280 e. The van der Waals surface area contributed by atoms with Gasteiger partial charge in [-0.05, 0) is 59.4 Å². The van der Waals surface area contributed by atoms with E-state index in [0.717, 1.165) is 41.6 Å². The number of benzene rings is 4. The number of nitrogens with zero attached hydrogens (tertiary/aromatic N) is 4. The van der Waals surface area contributed by atoms with Gasteiger partial charge in [-0.2, -0.15) is 4.98 Å². The molecule has 0 bridgehead atoms. The van der Waals surface area contributed by atoms with Crippen molar-refractivity contribution >= 4 is 31.5 Å². The van der Waals surface area contributed by atoms with E-state index in [1.54, 1.807) is 39.7 Å². The number of H-pyrrole nitrogens is 1. The Hall–Kier alpha value is -5.55. The zero-order valence-electron chi connectivity index (χ0n) is 37.6. The first-order valence-corrected chi connectivity index (χ1v) is 23.3. The molecule has 2 aromatic heterocycles. The van der Waals surface area contributed by atoms with Crippen molar-refractivity contribution in [2.75, 3.05) is 53.0 Å². The first-order valence-electron chi connectivity index (χ1n) is 22.2. The highest BCUT2D eigenvalue weighted by molar-refractivity contribution is 7.45. The maximum atomic E-state index is 13.5. The third-order valence-corrected chi connectivity index (χ3v) is 14.1.